The maximum atomic E-state index is 13.0. The van der Waals surface area contributed by atoms with Crippen LogP contribution in [-0.4, -0.2) is 34.9 Å². The second kappa shape index (κ2) is 7.90. The van der Waals surface area contributed by atoms with Crippen LogP contribution in [0.2, 0.25) is 0 Å². The van der Waals surface area contributed by atoms with Gasteiger partial charge in [0.2, 0.25) is 0 Å². The Morgan fingerprint density at radius 3 is 2.00 bits per heavy atom. The summed E-state index contributed by atoms with van der Waals surface area (Å²) in [5, 5.41) is 10.6. The Morgan fingerprint density at radius 1 is 1.04 bits per heavy atom. The summed E-state index contributed by atoms with van der Waals surface area (Å²) in [6, 6.07) is 0. The third-order valence-electron chi connectivity index (χ3n) is 3.45. The summed E-state index contributed by atoms with van der Waals surface area (Å²) in [5.41, 5.74) is 0. The van der Waals surface area contributed by atoms with Gasteiger partial charge in [0.15, 0.2) is 0 Å². The van der Waals surface area contributed by atoms with E-state index in [2.05, 4.69) is 14.1 Å². The fraction of sp³-hybridized carbons (Fsp3) is 0.909. The minimum Gasteiger partial charge on any atom is -0.464 e. The lowest BCUT2D eigenvalue weighted by molar-refractivity contribution is -0.434. The van der Waals surface area contributed by atoms with Gasteiger partial charge in [0.1, 0.15) is 0 Å². The molecule has 0 aliphatic heterocycles. The van der Waals surface area contributed by atoms with Crippen molar-refractivity contribution in [1.29, 1.82) is 0 Å². The Bertz CT molecular complexity index is 379. The highest BCUT2D eigenvalue weighted by atomic mass is 32.2. The molecule has 1 aliphatic rings. The first-order valence-corrected chi connectivity index (χ1v) is 7.27. The van der Waals surface area contributed by atoms with E-state index in [-0.39, 0.29) is 5.92 Å². The average molecular weight is 372 g/mol. The number of halogens is 6. The van der Waals surface area contributed by atoms with Crippen molar-refractivity contribution < 1.29 is 50.5 Å². The molecule has 0 bridgehead atoms. The molecular formula is C11H14F6O5S. The second-order valence-corrected chi connectivity index (χ2v) is 5.92. The summed E-state index contributed by atoms with van der Waals surface area (Å²) in [7, 11) is 0. The van der Waals surface area contributed by atoms with E-state index in [1.165, 1.54) is 0 Å². The lowest BCUT2D eigenvalue weighted by Crippen LogP contribution is -2.60. The number of hydrogen-bond donors (Lipinski definition) is 1. The van der Waals surface area contributed by atoms with Crippen molar-refractivity contribution in [2.24, 2.45) is 5.92 Å². The van der Waals surface area contributed by atoms with Crippen LogP contribution in [0.1, 0.15) is 32.1 Å². The zero-order valence-electron chi connectivity index (χ0n) is 11.6. The van der Waals surface area contributed by atoms with Gasteiger partial charge in [0.25, 0.3) is 0 Å². The fourth-order valence-electron chi connectivity index (χ4n) is 2.24. The van der Waals surface area contributed by atoms with Gasteiger partial charge >= 0.3 is 23.1 Å². The number of ether oxygens (including phenoxy) is 1. The van der Waals surface area contributed by atoms with E-state index >= 15 is 0 Å². The van der Waals surface area contributed by atoms with Crippen molar-refractivity contribution in [2.45, 2.75) is 49.2 Å². The molecule has 1 aliphatic carbocycles. The van der Waals surface area contributed by atoms with Gasteiger partial charge in [-0.25, -0.2) is 10.1 Å². The zero-order chi connectivity index (χ0) is 17.7. The van der Waals surface area contributed by atoms with Crippen LogP contribution in [0.25, 0.3) is 0 Å². The second-order valence-electron chi connectivity index (χ2n) is 5.01. The zero-order valence-corrected chi connectivity index (χ0v) is 12.4. The van der Waals surface area contributed by atoms with Crippen LogP contribution in [0.3, 0.4) is 0 Å². The van der Waals surface area contributed by atoms with Gasteiger partial charge in [-0.15, -0.1) is 4.33 Å². The van der Waals surface area contributed by atoms with Gasteiger partial charge in [0, 0.05) is 0 Å². The summed E-state index contributed by atoms with van der Waals surface area (Å²) >= 11 is -1.42. The van der Waals surface area contributed by atoms with Gasteiger partial charge in [-0.05, 0) is 18.8 Å². The van der Waals surface area contributed by atoms with Crippen molar-refractivity contribution in [1.82, 2.24) is 0 Å². The molecule has 0 amide bonds. The summed E-state index contributed by atoms with van der Waals surface area (Å²) in [4.78, 5) is 11.6. The number of rotatable bonds is 6. The average Bonchev–Trinajstić information content (AvgIpc) is 2.44. The van der Waals surface area contributed by atoms with Crippen molar-refractivity contribution in [3.8, 4) is 0 Å². The van der Waals surface area contributed by atoms with Gasteiger partial charge in [0.05, 0.1) is 18.6 Å². The Labute approximate surface area is 131 Å². The smallest absolute Gasteiger partial charge is 0.425 e. The third kappa shape index (κ3) is 4.64. The van der Waals surface area contributed by atoms with Crippen molar-refractivity contribution in [2.75, 3.05) is 6.61 Å². The molecule has 136 valence electrons. The molecule has 1 fully saturated rings. The predicted octanol–water partition coefficient (Wildman–Crippen LogP) is 4.04. The predicted molar refractivity (Wildman–Crippen MR) is 64.8 cm³/mol. The first kappa shape index (κ1) is 20.3. The third-order valence-corrected chi connectivity index (χ3v) is 4.46. The Hall–Kier alpha value is -0.720. The van der Waals surface area contributed by atoms with E-state index in [9.17, 15) is 31.1 Å². The van der Waals surface area contributed by atoms with Crippen molar-refractivity contribution in [3.63, 3.8) is 0 Å². The summed E-state index contributed by atoms with van der Waals surface area (Å²) < 4.78 is 80.3. The maximum absolute atomic E-state index is 13.0. The van der Waals surface area contributed by atoms with E-state index < -0.39 is 41.7 Å². The Kier molecular flexibility index (Phi) is 6.98. The quantitative estimate of drug-likeness (QED) is 0.250. The first-order chi connectivity index (χ1) is 10.6. The van der Waals surface area contributed by atoms with Crippen LogP contribution in [-0.2, 0) is 18.9 Å². The van der Waals surface area contributed by atoms with Gasteiger partial charge in [-0.2, -0.15) is 26.3 Å². The summed E-state index contributed by atoms with van der Waals surface area (Å²) in [6.45, 7) is -0.548. The molecular weight excluding hydrogens is 358 g/mol. The Morgan fingerprint density at radius 2 is 1.57 bits per heavy atom. The van der Waals surface area contributed by atoms with Crippen LogP contribution in [0.15, 0.2) is 0 Å². The van der Waals surface area contributed by atoms with Crippen molar-refractivity contribution >= 4 is 18.0 Å². The van der Waals surface area contributed by atoms with Gasteiger partial charge in [-0.3, -0.25) is 0 Å². The monoisotopic (exact) mass is 372 g/mol. The molecule has 5 nitrogen and oxygen atoms in total. The molecule has 0 spiro atoms. The summed E-state index contributed by atoms with van der Waals surface area (Å²) in [5.74, 6) is -2.85. The molecule has 0 unspecified atom stereocenters. The molecule has 0 atom stereocenters. The molecule has 0 aromatic rings. The number of hydrogen-bond acceptors (Lipinski definition) is 6. The van der Waals surface area contributed by atoms with Crippen LogP contribution in [0.4, 0.5) is 26.3 Å². The Balaban J connectivity index is 2.94. The van der Waals surface area contributed by atoms with Gasteiger partial charge in [-0.1, -0.05) is 24.3 Å². The van der Waals surface area contributed by atoms with Crippen molar-refractivity contribution in [3.05, 3.63) is 0 Å². The van der Waals surface area contributed by atoms with Crippen LogP contribution >= 0.6 is 12.0 Å². The van der Waals surface area contributed by atoms with E-state index in [1.54, 1.807) is 0 Å². The SMILES string of the molecule is O=C(OCC1CCCCC1)C(SOOO)(C(F)(F)F)C(F)(F)F. The van der Waals surface area contributed by atoms with E-state index in [0.717, 1.165) is 19.3 Å². The highest BCUT2D eigenvalue weighted by Gasteiger charge is 2.79. The van der Waals surface area contributed by atoms with Crippen LogP contribution < -0.4 is 0 Å². The standard InChI is InChI=1S/C11H14F6O5S/c12-10(13,14)9(11(15,16)17,23-22-21-19)8(18)20-6-7-4-2-1-3-5-7/h7,19H,1-6H2. The lowest BCUT2D eigenvalue weighted by atomic mass is 9.90. The molecule has 1 N–H and O–H groups in total. The molecule has 23 heavy (non-hydrogen) atoms. The molecule has 12 heteroatoms. The molecule has 1 saturated carbocycles. The minimum atomic E-state index is -6.09. The minimum absolute atomic E-state index is 0.285. The molecule has 0 aromatic heterocycles. The summed E-state index contributed by atoms with van der Waals surface area (Å²) in [6.07, 6.45) is -8.61. The largest absolute Gasteiger partial charge is 0.464 e. The number of alkyl halides is 6. The van der Waals surface area contributed by atoms with Crippen LogP contribution in [0.5, 0.6) is 0 Å². The fourth-order valence-corrected chi connectivity index (χ4v) is 2.68. The molecule has 0 saturated heterocycles. The molecule has 0 heterocycles. The molecule has 0 aromatic carbocycles. The first-order valence-electron chi connectivity index (χ1n) is 6.53. The number of carbonyl (C=O) groups is 1. The van der Waals surface area contributed by atoms with E-state index in [4.69, 9.17) is 5.26 Å². The maximum Gasteiger partial charge on any atom is 0.425 e. The van der Waals surface area contributed by atoms with Crippen LogP contribution in [0, 0.1) is 5.92 Å². The topological polar surface area (TPSA) is 65.0 Å². The number of esters is 1. The lowest BCUT2D eigenvalue weighted by Gasteiger charge is -2.33. The highest BCUT2D eigenvalue weighted by molar-refractivity contribution is 7.96. The molecule has 1 rings (SSSR count). The van der Waals surface area contributed by atoms with E-state index in [1.807, 2.05) is 0 Å². The molecule has 0 radical (unpaired) electrons. The van der Waals surface area contributed by atoms with Gasteiger partial charge < -0.3 is 4.74 Å². The number of carbonyl (C=O) groups excluding carboxylic acids is 1. The van der Waals surface area contributed by atoms with E-state index in [0.29, 0.717) is 12.8 Å². The normalized spacial score (nSPS) is 18.0. The highest BCUT2D eigenvalue weighted by Crippen LogP contribution is 2.53.